The molecule has 0 bridgehead atoms. The summed E-state index contributed by atoms with van der Waals surface area (Å²) in [5, 5.41) is 0. The van der Waals surface area contributed by atoms with Crippen LogP contribution < -0.4 is 9.47 Å². The minimum absolute atomic E-state index is 0.0452. The summed E-state index contributed by atoms with van der Waals surface area (Å²) in [7, 11) is 0. The molecular weight excluding hydrogens is 354 g/mol. The number of rotatable bonds is 6. The summed E-state index contributed by atoms with van der Waals surface area (Å²) in [4.78, 5) is 14.1. The molecule has 1 amide bonds. The summed E-state index contributed by atoms with van der Waals surface area (Å²) in [6, 6.07) is 17.7. The van der Waals surface area contributed by atoms with E-state index in [1.807, 2.05) is 75.4 Å². The van der Waals surface area contributed by atoms with Crippen molar-refractivity contribution in [1.82, 2.24) is 4.90 Å². The van der Waals surface area contributed by atoms with Gasteiger partial charge in [0.25, 0.3) is 0 Å². The van der Waals surface area contributed by atoms with E-state index in [0.717, 1.165) is 36.4 Å². The van der Waals surface area contributed by atoms with Gasteiger partial charge in [0.05, 0.1) is 6.04 Å². The van der Waals surface area contributed by atoms with Gasteiger partial charge in [0, 0.05) is 6.54 Å². The molecule has 28 heavy (non-hydrogen) atoms. The van der Waals surface area contributed by atoms with Crippen LogP contribution in [-0.4, -0.2) is 35.8 Å². The highest BCUT2D eigenvalue weighted by Gasteiger charge is 2.32. The fourth-order valence-electron chi connectivity index (χ4n) is 3.14. The molecular formula is C23H29NO4. The van der Waals surface area contributed by atoms with E-state index in [1.165, 1.54) is 0 Å². The van der Waals surface area contributed by atoms with Crippen molar-refractivity contribution in [3.63, 3.8) is 0 Å². The van der Waals surface area contributed by atoms with Crippen LogP contribution in [0, 0.1) is 0 Å². The Hall–Kier alpha value is -2.69. The molecule has 1 heterocycles. The van der Waals surface area contributed by atoms with Gasteiger partial charge in [-0.25, -0.2) is 4.79 Å². The zero-order valence-corrected chi connectivity index (χ0v) is 16.9. The Morgan fingerprint density at radius 3 is 2.29 bits per heavy atom. The van der Waals surface area contributed by atoms with Gasteiger partial charge in [0.1, 0.15) is 30.3 Å². The second-order valence-electron chi connectivity index (χ2n) is 8.03. The number of carbonyl (C=O) groups excluding carboxylic acids is 1. The molecule has 2 aromatic rings. The van der Waals surface area contributed by atoms with Gasteiger partial charge in [-0.3, -0.25) is 0 Å². The maximum Gasteiger partial charge on any atom is 0.410 e. The normalized spacial score (nSPS) is 16.7. The molecule has 1 aliphatic heterocycles. The number of hydrogen-bond donors (Lipinski definition) is 0. The monoisotopic (exact) mass is 383 g/mol. The smallest absolute Gasteiger partial charge is 0.410 e. The van der Waals surface area contributed by atoms with Crippen LogP contribution in [0.4, 0.5) is 4.79 Å². The van der Waals surface area contributed by atoms with E-state index in [9.17, 15) is 4.79 Å². The van der Waals surface area contributed by atoms with Crippen LogP contribution >= 0.6 is 0 Å². The summed E-state index contributed by atoms with van der Waals surface area (Å²) in [6.07, 6.45) is 1.64. The summed E-state index contributed by atoms with van der Waals surface area (Å²) in [5.41, 5.74) is 0.645. The van der Waals surface area contributed by atoms with Gasteiger partial charge in [-0.2, -0.15) is 0 Å². The first-order chi connectivity index (χ1) is 13.4. The van der Waals surface area contributed by atoms with Crippen LogP contribution in [0.25, 0.3) is 0 Å². The number of ether oxygens (including phenoxy) is 3. The highest BCUT2D eigenvalue weighted by atomic mass is 16.6. The van der Waals surface area contributed by atoms with Gasteiger partial charge in [-0.05, 0) is 63.4 Å². The molecule has 0 aromatic heterocycles. The Morgan fingerprint density at radius 1 is 1.00 bits per heavy atom. The van der Waals surface area contributed by atoms with E-state index in [4.69, 9.17) is 14.2 Å². The molecule has 5 heteroatoms. The van der Waals surface area contributed by atoms with Crippen LogP contribution in [-0.2, 0) is 11.3 Å². The van der Waals surface area contributed by atoms with Gasteiger partial charge in [-0.15, -0.1) is 0 Å². The van der Waals surface area contributed by atoms with Crippen LogP contribution in [0.3, 0.4) is 0 Å². The minimum atomic E-state index is -0.485. The molecule has 1 fully saturated rings. The van der Waals surface area contributed by atoms with E-state index in [1.54, 1.807) is 4.90 Å². The Labute approximate surface area is 167 Å². The molecule has 0 aliphatic carbocycles. The Balaban J connectivity index is 1.48. The van der Waals surface area contributed by atoms with Crippen LogP contribution in [0.1, 0.15) is 39.2 Å². The predicted octanol–water partition coefficient (Wildman–Crippen LogP) is 5.04. The summed E-state index contributed by atoms with van der Waals surface area (Å²) in [5.74, 6) is 1.57. The van der Waals surface area contributed by atoms with Crippen LogP contribution in [0.15, 0.2) is 54.6 Å². The van der Waals surface area contributed by atoms with Crippen molar-refractivity contribution in [2.24, 2.45) is 0 Å². The topological polar surface area (TPSA) is 48.0 Å². The molecule has 5 nitrogen and oxygen atoms in total. The molecule has 1 saturated heterocycles. The maximum atomic E-state index is 12.3. The van der Waals surface area contributed by atoms with E-state index in [-0.39, 0.29) is 12.1 Å². The first kappa shape index (κ1) is 20.1. The third kappa shape index (κ3) is 5.91. The van der Waals surface area contributed by atoms with Gasteiger partial charge < -0.3 is 19.1 Å². The molecule has 0 N–H and O–H groups in total. The maximum absolute atomic E-state index is 12.3. The lowest BCUT2D eigenvalue weighted by atomic mass is 10.2. The first-order valence-electron chi connectivity index (χ1n) is 9.80. The Kier molecular flexibility index (Phi) is 6.45. The van der Waals surface area contributed by atoms with Gasteiger partial charge in [0.2, 0.25) is 0 Å². The number of carbonyl (C=O) groups is 1. The standard InChI is InChI=1S/C23H29NO4/c1-23(2,3)28-22(25)24-15-7-10-19(24)17-27-21-13-11-20(12-14-21)26-16-18-8-5-4-6-9-18/h4-6,8-9,11-14,19H,7,10,15-17H2,1-3H3/t19-/m1/s1. The molecule has 0 saturated carbocycles. The van der Waals surface area contributed by atoms with Crippen LogP contribution in [0.2, 0.25) is 0 Å². The average molecular weight is 383 g/mol. The van der Waals surface area contributed by atoms with E-state index >= 15 is 0 Å². The van der Waals surface area contributed by atoms with Crippen LogP contribution in [0.5, 0.6) is 11.5 Å². The molecule has 1 aliphatic rings. The minimum Gasteiger partial charge on any atom is -0.491 e. The number of benzene rings is 2. The second-order valence-corrected chi connectivity index (χ2v) is 8.03. The zero-order chi connectivity index (χ0) is 20.0. The van der Waals surface area contributed by atoms with Crippen molar-refractivity contribution in [2.45, 2.75) is 51.9 Å². The van der Waals surface area contributed by atoms with Gasteiger partial charge in [0.15, 0.2) is 0 Å². The summed E-state index contributed by atoms with van der Waals surface area (Å²) >= 11 is 0. The van der Waals surface area contributed by atoms with Crippen molar-refractivity contribution >= 4 is 6.09 Å². The lowest BCUT2D eigenvalue weighted by molar-refractivity contribution is 0.0187. The molecule has 2 aromatic carbocycles. The first-order valence-corrected chi connectivity index (χ1v) is 9.80. The summed E-state index contributed by atoms with van der Waals surface area (Å²) in [6.45, 7) is 7.36. The Morgan fingerprint density at radius 2 is 1.64 bits per heavy atom. The van der Waals surface area contributed by atoms with Crippen molar-refractivity contribution in [2.75, 3.05) is 13.2 Å². The van der Waals surface area contributed by atoms with Gasteiger partial charge >= 0.3 is 6.09 Å². The Bertz CT molecular complexity index is 752. The van der Waals surface area contributed by atoms with Gasteiger partial charge in [-0.1, -0.05) is 30.3 Å². The quantitative estimate of drug-likeness (QED) is 0.701. The average Bonchev–Trinajstić information content (AvgIpc) is 3.14. The lowest BCUT2D eigenvalue weighted by Gasteiger charge is -2.28. The fourth-order valence-corrected chi connectivity index (χ4v) is 3.14. The number of hydrogen-bond acceptors (Lipinski definition) is 4. The van der Waals surface area contributed by atoms with E-state index < -0.39 is 5.60 Å². The number of likely N-dealkylation sites (tertiary alicyclic amines) is 1. The van der Waals surface area contributed by atoms with Crippen molar-refractivity contribution < 1.29 is 19.0 Å². The third-order valence-electron chi connectivity index (χ3n) is 4.52. The van der Waals surface area contributed by atoms with E-state index in [2.05, 4.69) is 0 Å². The van der Waals surface area contributed by atoms with E-state index in [0.29, 0.717) is 13.2 Å². The molecule has 0 unspecified atom stereocenters. The van der Waals surface area contributed by atoms with Crippen molar-refractivity contribution in [3.8, 4) is 11.5 Å². The highest BCUT2D eigenvalue weighted by Crippen LogP contribution is 2.23. The lowest BCUT2D eigenvalue weighted by Crippen LogP contribution is -2.42. The fraction of sp³-hybridized carbons (Fsp3) is 0.435. The van der Waals surface area contributed by atoms with Crippen molar-refractivity contribution in [3.05, 3.63) is 60.2 Å². The largest absolute Gasteiger partial charge is 0.491 e. The molecule has 150 valence electrons. The zero-order valence-electron chi connectivity index (χ0n) is 16.9. The predicted molar refractivity (Wildman–Crippen MR) is 109 cm³/mol. The SMILES string of the molecule is CC(C)(C)OC(=O)N1CCC[C@@H]1COc1ccc(OCc2ccccc2)cc1. The molecule has 0 radical (unpaired) electrons. The highest BCUT2D eigenvalue weighted by molar-refractivity contribution is 5.69. The molecule has 0 spiro atoms. The summed E-state index contributed by atoms with van der Waals surface area (Å²) < 4.78 is 17.2. The van der Waals surface area contributed by atoms with Crippen molar-refractivity contribution in [1.29, 1.82) is 0 Å². The number of nitrogens with zero attached hydrogens (tertiary/aromatic N) is 1. The molecule has 1 atom stereocenters. The second kappa shape index (κ2) is 9.00. The molecule has 3 rings (SSSR count). The third-order valence-corrected chi connectivity index (χ3v) is 4.52. The number of amides is 1.